The van der Waals surface area contributed by atoms with E-state index < -0.39 is 36.3 Å². The summed E-state index contributed by atoms with van der Waals surface area (Å²) in [5.41, 5.74) is 0. The van der Waals surface area contributed by atoms with Gasteiger partial charge in [-0.05, 0) is 55.7 Å². The highest BCUT2D eigenvalue weighted by molar-refractivity contribution is 6.30. The van der Waals surface area contributed by atoms with Gasteiger partial charge in [0, 0.05) is 24.0 Å². The highest BCUT2D eigenvalue weighted by Gasteiger charge is 2.49. The largest absolute Gasteiger partial charge is 0.481 e. The van der Waals surface area contributed by atoms with Crippen LogP contribution in [0.15, 0.2) is 18.2 Å². The molecular formula is C23H27ClFN3O5. The Morgan fingerprint density at radius 3 is 2.85 bits per heavy atom. The fraction of sp³-hybridized carbons (Fsp3) is 0.565. The van der Waals surface area contributed by atoms with Crippen molar-refractivity contribution in [2.75, 3.05) is 19.7 Å². The number of nitrogens with one attached hydrogen (secondary N) is 2. The molecule has 1 aromatic rings. The highest BCUT2D eigenvalue weighted by Crippen LogP contribution is 2.42. The highest BCUT2D eigenvalue weighted by atomic mass is 35.5. The van der Waals surface area contributed by atoms with Crippen molar-refractivity contribution < 1.29 is 28.3 Å². The Kier molecular flexibility index (Phi) is 7.17. The number of carbonyl (C=O) groups is 4. The molecular weight excluding hydrogens is 453 g/mol. The number of benzene rings is 1. The maximum absolute atomic E-state index is 14.0. The summed E-state index contributed by atoms with van der Waals surface area (Å²) >= 11 is 5.74. The van der Waals surface area contributed by atoms with Crippen LogP contribution in [0.1, 0.15) is 32.1 Å². The Morgan fingerprint density at radius 2 is 2.15 bits per heavy atom. The van der Waals surface area contributed by atoms with Crippen LogP contribution in [-0.4, -0.2) is 60.7 Å². The monoisotopic (exact) mass is 479 g/mol. The quantitative estimate of drug-likeness (QED) is 0.552. The average molecular weight is 480 g/mol. The molecule has 0 aromatic heterocycles. The minimum atomic E-state index is -0.803. The average Bonchev–Trinajstić information content (AvgIpc) is 3.48. The van der Waals surface area contributed by atoms with Gasteiger partial charge in [0.15, 0.2) is 18.2 Å². The number of nitrogens with zero attached hydrogens (tertiary/aromatic N) is 1. The zero-order valence-electron chi connectivity index (χ0n) is 18.1. The fourth-order valence-electron chi connectivity index (χ4n) is 5.31. The maximum atomic E-state index is 14.0. The Balaban J connectivity index is 1.42. The van der Waals surface area contributed by atoms with Crippen LogP contribution >= 0.6 is 11.6 Å². The molecule has 2 unspecified atom stereocenters. The van der Waals surface area contributed by atoms with Crippen molar-refractivity contribution in [2.45, 2.75) is 44.2 Å². The van der Waals surface area contributed by atoms with Crippen molar-refractivity contribution >= 4 is 35.6 Å². The van der Waals surface area contributed by atoms with E-state index in [0.29, 0.717) is 25.8 Å². The van der Waals surface area contributed by atoms with Crippen molar-refractivity contribution in [3.8, 4) is 5.75 Å². The number of hydrogen-bond donors (Lipinski definition) is 2. The van der Waals surface area contributed by atoms with E-state index in [-0.39, 0.29) is 40.9 Å². The topological polar surface area (TPSA) is 105 Å². The summed E-state index contributed by atoms with van der Waals surface area (Å²) < 4.78 is 19.3. The van der Waals surface area contributed by atoms with Crippen LogP contribution in [0.3, 0.4) is 0 Å². The molecule has 1 saturated carbocycles. The van der Waals surface area contributed by atoms with Crippen LogP contribution in [0.5, 0.6) is 5.75 Å². The summed E-state index contributed by atoms with van der Waals surface area (Å²) in [7, 11) is 0. The van der Waals surface area contributed by atoms with Gasteiger partial charge in [-0.15, -0.1) is 0 Å². The molecule has 33 heavy (non-hydrogen) atoms. The lowest BCUT2D eigenvalue weighted by Gasteiger charge is -2.28. The first-order chi connectivity index (χ1) is 15.9. The number of hydrogen-bond acceptors (Lipinski definition) is 5. The smallest absolute Gasteiger partial charge is 0.261 e. The van der Waals surface area contributed by atoms with Crippen LogP contribution in [-0.2, 0) is 19.2 Å². The van der Waals surface area contributed by atoms with E-state index in [1.807, 2.05) is 0 Å². The second kappa shape index (κ2) is 10.1. The molecule has 2 heterocycles. The molecule has 2 N–H and O–H groups in total. The number of likely N-dealkylation sites (tertiary alicyclic amines) is 1. The molecule has 4 rings (SSSR count). The Bertz CT molecular complexity index is 945. The lowest BCUT2D eigenvalue weighted by atomic mass is 9.92. The lowest BCUT2D eigenvalue weighted by molar-refractivity contribution is -0.141. The predicted molar refractivity (Wildman–Crippen MR) is 117 cm³/mol. The standard InChI is InChI=1S/C23H27ClFN3O5/c24-15-4-5-19(18(25)9-15)33-12-20(30)28-10-14-2-1-3-17(14)21(28)23(32)27-16(11-29)8-13-6-7-26-22(13)31/h4-5,9,11,13-14,16-17,21H,1-3,6-8,10,12H2,(H,26,31)(H,27,32)/t13-,14?,16-,17?,21+/m0/s1. The molecule has 5 atom stereocenters. The van der Waals surface area contributed by atoms with Gasteiger partial charge >= 0.3 is 0 Å². The van der Waals surface area contributed by atoms with E-state index in [4.69, 9.17) is 16.3 Å². The summed E-state index contributed by atoms with van der Waals surface area (Å²) in [4.78, 5) is 51.1. The summed E-state index contributed by atoms with van der Waals surface area (Å²) in [5.74, 6) is -1.81. The number of fused-ring (bicyclic) bond motifs is 1. The third-order valence-electron chi connectivity index (χ3n) is 6.92. The van der Waals surface area contributed by atoms with Gasteiger partial charge in [-0.1, -0.05) is 18.0 Å². The molecule has 8 nitrogen and oxygen atoms in total. The van der Waals surface area contributed by atoms with Gasteiger partial charge in [0.1, 0.15) is 12.3 Å². The minimum absolute atomic E-state index is 0.00305. The summed E-state index contributed by atoms with van der Waals surface area (Å²) in [5, 5.41) is 5.69. The van der Waals surface area contributed by atoms with E-state index in [1.165, 1.54) is 17.0 Å². The second-order valence-corrected chi connectivity index (χ2v) is 9.41. The van der Waals surface area contributed by atoms with E-state index in [0.717, 1.165) is 25.3 Å². The maximum Gasteiger partial charge on any atom is 0.261 e. The second-order valence-electron chi connectivity index (χ2n) is 8.97. The predicted octanol–water partition coefficient (Wildman–Crippen LogP) is 1.69. The fourth-order valence-corrected chi connectivity index (χ4v) is 5.46. The van der Waals surface area contributed by atoms with Crippen molar-refractivity contribution in [3.05, 3.63) is 29.0 Å². The molecule has 2 saturated heterocycles. The molecule has 0 bridgehead atoms. The Labute approximate surface area is 196 Å². The van der Waals surface area contributed by atoms with Gasteiger partial charge < -0.3 is 25.1 Å². The number of ether oxygens (including phenoxy) is 1. The van der Waals surface area contributed by atoms with E-state index in [2.05, 4.69) is 10.6 Å². The van der Waals surface area contributed by atoms with Crippen LogP contribution in [0.2, 0.25) is 5.02 Å². The molecule has 0 spiro atoms. The molecule has 10 heteroatoms. The Hall–Kier alpha value is -2.68. The van der Waals surface area contributed by atoms with Gasteiger partial charge in [0.05, 0.1) is 6.04 Å². The molecule has 1 aliphatic carbocycles. The molecule has 0 radical (unpaired) electrons. The van der Waals surface area contributed by atoms with E-state index in [9.17, 15) is 23.6 Å². The van der Waals surface area contributed by atoms with Gasteiger partial charge in [0.2, 0.25) is 11.8 Å². The molecule has 3 amide bonds. The zero-order valence-corrected chi connectivity index (χ0v) is 18.9. The van der Waals surface area contributed by atoms with Crippen LogP contribution in [0.4, 0.5) is 4.39 Å². The van der Waals surface area contributed by atoms with Crippen molar-refractivity contribution in [2.24, 2.45) is 17.8 Å². The number of amides is 3. The van der Waals surface area contributed by atoms with E-state index >= 15 is 0 Å². The zero-order chi connectivity index (χ0) is 23.5. The number of rotatable bonds is 8. The number of carbonyl (C=O) groups excluding carboxylic acids is 4. The van der Waals surface area contributed by atoms with Crippen LogP contribution in [0, 0.1) is 23.6 Å². The normalized spacial score (nSPS) is 27.1. The van der Waals surface area contributed by atoms with Crippen LogP contribution < -0.4 is 15.4 Å². The van der Waals surface area contributed by atoms with Gasteiger partial charge in [0.25, 0.3) is 5.91 Å². The lowest BCUT2D eigenvalue weighted by Crippen LogP contribution is -2.52. The first kappa shape index (κ1) is 23.5. The third kappa shape index (κ3) is 5.13. The molecule has 3 aliphatic rings. The van der Waals surface area contributed by atoms with Gasteiger partial charge in [-0.25, -0.2) is 4.39 Å². The first-order valence-electron chi connectivity index (χ1n) is 11.3. The van der Waals surface area contributed by atoms with Crippen molar-refractivity contribution in [1.29, 1.82) is 0 Å². The molecule has 1 aromatic carbocycles. The van der Waals surface area contributed by atoms with Gasteiger partial charge in [-0.2, -0.15) is 0 Å². The van der Waals surface area contributed by atoms with E-state index in [1.54, 1.807) is 0 Å². The summed E-state index contributed by atoms with van der Waals surface area (Å²) in [6.07, 6.45) is 4.21. The number of halogens is 2. The summed E-state index contributed by atoms with van der Waals surface area (Å²) in [6, 6.07) is 2.39. The molecule has 3 fully saturated rings. The van der Waals surface area contributed by atoms with Crippen molar-refractivity contribution in [3.63, 3.8) is 0 Å². The van der Waals surface area contributed by atoms with Gasteiger partial charge in [-0.3, -0.25) is 14.4 Å². The van der Waals surface area contributed by atoms with Crippen LogP contribution in [0.25, 0.3) is 0 Å². The minimum Gasteiger partial charge on any atom is -0.481 e. The summed E-state index contributed by atoms with van der Waals surface area (Å²) in [6.45, 7) is 0.567. The molecule has 2 aliphatic heterocycles. The van der Waals surface area contributed by atoms with Crippen molar-refractivity contribution in [1.82, 2.24) is 15.5 Å². The third-order valence-corrected chi connectivity index (χ3v) is 7.15. The first-order valence-corrected chi connectivity index (χ1v) is 11.7. The number of aldehydes is 1. The molecule has 178 valence electrons. The Morgan fingerprint density at radius 1 is 1.33 bits per heavy atom. The SMILES string of the molecule is O=C[C@H](C[C@@H]1CCNC1=O)NC(=O)[C@H]1C2CCCC2CN1C(=O)COc1ccc(Cl)cc1F.